The first kappa shape index (κ1) is 13.1. The highest BCUT2D eigenvalue weighted by atomic mass is 16.2. The molecule has 17 heavy (non-hydrogen) atoms. The van der Waals surface area contributed by atoms with E-state index in [9.17, 15) is 4.79 Å². The molecule has 0 aliphatic rings. The zero-order valence-corrected chi connectivity index (χ0v) is 10.3. The number of rotatable bonds is 6. The van der Waals surface area contributed by atoms with Crippen LogP contribution in [0.15, 0.2) is 0 Å². The van der Waals surface area contributed by atoms with Crippen molar-refractivity contribution in [2.45, 2.75) is 26.8 Å². The van der Waals surface area contributed by atoms with Crippen LogP contribution in [-0.4, -0.2) is 28.9 Å². The number of hydrogen-bond donors (Lipinski definition) is 4. The molecule has 6 N–H and O–H groups in total. The minimum absolute atomic E-state index is 0.450. The lowest BCUT2D eigenvalue weighted by Crippen LogP contribution is -2.33. The van der Waals surface area contributed by atoms with Crippen molar-refractivity contribution in [2.75, 3.05) is 24.1 Å². The summed E-state index contributed by atoms with van der Waals surface area (Å²) in [6.45, 7) is 5.76. The number of amides is 2. The Morgan fingerprint density at radius 3 is 2.76 bits per heavy atom. The van der Waals surface area contributed by atoms with Crippen LogP contribution < -0.4 is 22.1 Å². The predicted molar refractivity (Wildman–Crippen MR) is 67.7 cm³/mol. The number of nitrogen functional groups attached to an aromatic ring is 1. The largest absolute Gasteiger partial charge is 0.394 e. The van der Waals surface area contributed by atoms with Gasteiger partial charge in [-0.1, -0.05) is 6.92 Å². The normalized spacial score (nSPS) is 10.2. The molecule has 0 bridgehead atoms. The maximum atomic E-state index is 10.5. The van der Waals surface area contributed by atoms with Gasteiger partial charge in [0.2, 0.25) is 0 Å². The van der Waals surface area contributed by atoms with E-state index in [-0.39, 0.29) is 0 Å². The van der Waals surface area contributed by atoms with E-state index in [0.717, 1.165) is 24.5 Å². The van der Waals surface area contributed by atoms with E-state index >= 15 is 0 Å². The van der Waals surface area contributed by atoms with Crippen molar-refractivity contribution in [3.05, 3.63) is 5.69 Å². The van der Waals surface area contributed by atoms with Crippen LogP contribution in [0.3, 0.4) is 0 Å². The van der Waals surface area contributed by atoms with Gasteiger partial charge in [0.25, 0.3) is 0 Å². The van der Waals surface area contributed by atoms with Gasteiger partial charge in [0.15, 0.2) is 0 Å². The quantitative estimate of drug-likeness (QED) is 0.534. The molecule has 0 fully saturated rings. The topological polar surface area (TPSA) is 111 Å². The highest BCUT2D eigenvalue weighted by Crippen LogP contribution is 2.21. The fourth-order valence-electron chi connectivity index (χ4n) is 1.52. The highest BCUT2D eigenvalue weighted by molar-refractivity contribution is 5.71. The minimum Gasteiger partial charge on any atom is -0.394 e. The van der Waals surface area contributed by atoms with Gasteiger partial charge >= 0.3 is 6.03 Å². The third-order valence-electron chi connectivity index (χ3n) is 2.33. The van der Waals surface area contributed by atoms with Crippen molar-refractivity contribution >= 4 is 17.5 Å². The van der Waals surface area contributed by atoms with E-state index in [4.69, 9.17) is 11.5 Å². The second-order valence-electron chi connectivity index (χ2n) is 3.79. The molecule has 0 saturated heterocycles. The van der Waals surface area contributed by atoms with Crippen molar-refractivity contribution in [3.63, 3.8) is 0 Å². The smallest absolute Gasteiger partial charge is 0.312 e. The summed E-state index contributed by atoms with van der Waals surface area (Å²) in [6.07, 6.45) is 0.981. The molecule has 0 radical (unpaired) electrons. The summed E-state index contributed by atoms with van der Waals surface area (Å²) in [6, 6.07) is -0.530. The molecule has 0 aromatic carbocycles. The monoisotopic (exact) mass is 240 g/mol. The van der Waals surface area contributed by atoms with Crippen LogP contribution >= 0.6 is 0 Å². The number of hydrogen-bond acceptors (Lipinski definition) is 4. The van der Waals surface area contributed by atoms with Crippen LogP contribution in [-0.2, 0) is 6.54 Å². The maximum Gasteiger partial charge on any atom is 0.312 e. The SMILES string of the molecule is CCCn1nc(C)c(N)c1NCCNC(N)=O. The second-order valence-corrected chi connectivity index (χ2v) is 3.79. The number of primary amides is 1. The molecular weight excluding hydrogens is 220 g/mol. The van der Waals surface area contributed by atoms with Crippen molar-refractivity contribution in [2.24, 2.45) is 5.73 Å². The van der Waals surface area contributed by atoms with Crippen molar-refractivity contribution in [1.29, 1.82) is 0 Å². The standard InChI is InChI=1S/C10H20N6O/c1-3-6-16-9(8(11)7(2)15-16)13-4-5-14-10(12)17/h13H,3-6,11H2,1-2H3,(H3,12,14,17). The highest BCUT2D eigenvalue weighted by Gasteiger charge is 2.10. The van der Waals surface area contributed by atoms with Crippen LogP contribution in [0.25, 0.3) is 0 Å². The van der Waals surface area contributed by atoms with Crippen molar-refractivity contribution in [3.8, 4) is 0 Å². The Bertz CT molecular complexity index is 386. The molecule has 0 aliphatic heterocycles. The first-order valence-electron chi connectivity index (χ1n) is 5.66. The van der Waals surface area contributed by atoms with Gasteiger partial charge in [-0.15, -0.1) is 0 Å². The Hall–Kier alpha value is -1.92. The number of carbonyl (C=O) groups is 1. The lowest BCUT2D eigenvalue weighted by molar-refractivity contribution is 0.249. The summed E-state index contributed by atoms with van der Waals surface area (Å²) in [7, 11) is 0. The fraction of sp³-hybridized carbons (Fsp3) is 0.600. The molecule has 96 valence electrons. The molecular formula is C10H20N6O. The molecule has 1 aromatic rings. The van der Waals surface area contributed by atoms with E-state index in [1.54, 1.807) is 0 Å². The first-order valence-corrected chi connectivity index (χ1v) is 5.66. The molecule has 7 nitrogen and oxygen atoms in total. The molecule has 0 spiro atoms. The summed E-state index contributed by atoms with van der Waals surface area (Å²) in [5.74, 6) is 0.802. The molecule has 1 aromatic heterocycles. The Balaban J connectivity index is 2.59. The number of aromatic nitrogens is 2. The van der Waals surface area contributed by atoms with Gasteiger partial charge in [-0.3, -0.25) is 0 Å². The van der Waals surface area contributed by atoms with Gasteiger partial charge in [-0.25, -0.2) is 9.48 Å². The molecule has 1 rings (SSSR count). The van der Waals surface area contributed by atoms with E-state index in [2.05, 4.69) is 22.7 Å². The molecule has 0 unspecified atom stereocenters. The number of nitrogens with two attached hydrogens (primary N) is 2. The lowest BCUT2D eigenvalue weighted by atomic mass is 10.4. The number of anilines is 2. The average molecular weight is 240 g/mol. The average Bonchev–Trinajstić information content (AvgIpc) is 2.51. The summed E-state index contributed by atoms with van der Waals surface area (Å²) >= 11 is 0. The lowest BCUT2D eigenvalue weighted by Gasteiger charge is -2.10. The second kappa shape index (κ2) is 5.97. The third kappa shape index (κ3) is 3.54. The Labute approximate surface area is 101 Å². The van der Waals surface area contributed by atoms with Gasteiger partial charge in [-0.05, 0) is 13.3 Å². The van der Waals surface area contributed by atoms with E-state index in [1.165, 1.54) is 0 Å². The van der Waals surface area contributed by atoms with Gasteiger partial charge in [0, 0.05) is 19.6 Å². The molecule has 2 amide bonds. The Morgan fingerprint density at radius 2 is 2.18 bits per heavy atom. The first-order chi connectivity index (χ1) is 8.06. The van der Waals surface area contributed by atoms with Gasteiger partial charge in [0.1, 0.15) is 5.82 Å². The third-order valence-corrected chi connectivity index (χ3v) is 2.33. The van der Waals surface area contributed by atoms with E-state index in [0.29, 0.717) is 18.8 Å². The maximum absolute atomic E-state index is 10.5. The summed E-state index contributed by atoms with van der Waals surface area (Å²) in [5, 5.41) is 9.98. The summed E-state index contributed by atoms with van der Waals surface area (Å²) in [5.41, 5.74) is 12.3. The number of carbonyl (C=O) groups excluding carboxylic acids is 1. The van der Waals surface area contributed by atoms with Gasteiger partial charge in [0.05, 0.1) is 11.4 Å². The zero-order valence-electron chi connectivity index (χ0n) is 10.3. The van der Waals surface area contributed by atoms with Crippen molar-refractivity contribution < 1.29 is 4.79 Å². The van der Waals surface area contributed by atoms with Crippen LogP contribution in [0.2, 0.25) is 0 Å². The number of nitrogens with zero attached hydrogens (tertiary/aromatic N) is 2. The predicted octanol–water partition coefficient (Wildman–Crippen LogP) is 0.264. The van der Waals surface area contributed by atoms with E-state index in [1.807, 2.05) is 11.6 Å². The van der Waals surface area contributed by atoms with Crippen LogP contribution in [0.5, 0.6) is 0 Å². The number of nitrogens with one attached hydrogen (secondary N) is 2. The van der Waals surface area contributed by atoms with Crippen molar-refractivity contribution in [1.82, 2.24) is 15.1 Å². The van der Waals surface area contributed by atoms with Gasteiger partial charge in [-0.2, -0.15) is 5.10 Å². The van der Waals surface area contributed by atoms with Crippen LogP contribution in [0.1, 0.15) is 19.0 Å². The Morgan fingerprint density at radius 1 is 1.47 bits per heavy atom. The number of urea groups is 1. The molecule has 0 saturated carbocycles. The number of aryl methyl sites for hydroxylation is 2. The summed E-state index contributed by atoms with van der Waals surface area (Å²) < 4.78 is 1.84. The fourth-order valence-corrected chi connectivity index (χ4v) is 1.52. The van der Waals surface area contributed by atoms with E-state index < -0.39 is 6.03 Å². The molecule has 1 heterocycles. The minimum atomic E-state index is -0.530. The molecule has 7 heteroatoms. The van der Waals surface area contributed by atoms with Crippen LogP contribution in [0.4, 0.5) is 16.3 Å². The molecule has 0 aliphatic carbocycles. The summed E-state index contributed by atoms with van der Waals surface area (Å²) in [4.78, 5) is 10.5. The Kier molecular flexibility index (Phi) is 4.62. The van der Waals surface area contributed by atoms with Crippen LogP contribution in [0, 0.1) is 6.92 Å². The van der Waals surface area contributed by atoms with Gasteiger partial charge < -0.3 is 22.1 Å². The molecule has 0 atom stereocenters. The zero-order chi connectivity index (χ0) is 12.8.